The third kappa shape index (κ3) is 1.75. The number of fused-ring (bicyclic) bond motifs is 1. The van der Waals surface area contributed by atoms with E-state index in [-0.39, 0.29) is 0 Å². The molecule has 0 radical (unpaired) electrons. The van der Waals surface area contributed by atoms with Crippen LogP contribution in [0.25, 0.3) is 11.2 Å². The average Bonchev–Trinajstić information content (AvgIpc) is 2.57. The maximum Gasteiger partial charge on any atom is 0.160 e. The van der Waals surface area contributed by atoms with Gasteiger partial charge in [-0.15, -0.1) is 0 Å². The van der Waals surface area contributed by atoms with Crippen molar-refractivity contribution in [3.05, 3.63) is 18.1 Å². The van der Waals surface area contributed by atoms with Crippen LogP contribution < -0.4 is 5.73 Å². The molecule has 0 atom stereocenters. The Labute approximate surface area is 95.5 Å². The Morgan fingerprint density at radius 1 is 1.44 bits per heavy atom. The normalized spacial score (nSPS) is 11.5. The molecule has 2 rings (SSSR count). The van der Waals surface area contributed by atoms with E-state index in [9.17, 15) is 0 Å². The number of anilines is 1. The molecule has 2 aromatic heterocycles. The van der Waals surface area contributed by atoms with Crippen molar-refractivity contribution in [2.75, 3.05) is 5.73 Å². The Balaban J connectivity index is 2.65. The molecule has 0 fully saturated rings. The monoisotopic (exact) mass is 218 g/mol. The molecule has 0 saturated carbocycles. The lowest BCUT2D eigenvalue weighted by atomic mass is 10.2. The maximum atomic E-state index is 5.72. The molecule has 0 saturated heterocycles. The minimum Gasteiger partial charge on any atom is -0.397 e. The SMILES string of the molecule is CCCn1c(C(C)C)nc2cc(N)cnc21. The van der Waals surface area contributed by atoms with Crippen LogP contribution >= 0.6 is 0 Å². The highest BCUT2D eigenvalue weighted by atomic mass is 15.1. The Morgan fingerprint density at radius 3 is 2.81 bits per heavy atom. The van der Waals surface area contributed by atoms with E-state index in [1.165, 1.54) is 0 Å². The van der Waals surface area contributed by atoms with Gasteiger partial charge in [-0.3, -0.25) is 0 Å². The van der Waals surface area contributed by atoms with Gasteiger partial charge in [0, 0.05) is 12.5 Å². The largest absolute Gasteiger partial charge is 0.397 e. The summed E-state index contributed by atoms with van der Waals surface area (Å²) in [7, 11) is 0. The Morgan fingerprint density at radius 2 is 2.19 bits per heavy atom. The van der Waals surface area contributed by atoms with Crippen molar-refractivity contribution in [1.82, 2.24) is 14.5 Å². The van der Waals surface area contributed by atoms with Gasteiger partial charge in [-0.05, 0) is 12.5 Å². The summed E-state index contributed by atoms with van der Waals surface area (Å²) >= 11 is 0. The number of hydrogen-bond acceptors (Lipinski definition) is 3. The second kappa shape index (κ2) is 4.12. The molecular formula is C12H18N4. The molecule has 2 N–H and O–H groups in total. The first-order chi connectivity index (χ1) is 7.63. The molecule has 4 nitrogen and oxygen atoms in total. The fraction of sp³-hybridized carbons (Fsp3) is 0.500. The zero-order valence-electron chi connectivity index (χ0n) is 10.1. The van der Waals surface area contributed by atoms with Crippen molar-refractivity contribution in [1.29, 1.82) is 0 Å². The quantitative estimate of drug-likeness (QED) is 0.861. The summed E-state index contributed by atoms with van der Waals surface area (Å²) in [5.74, 6) is 1.50. The molecular weight excluding hydrogens is 200 g/mol. The van der Waals surface area contributed by atoms with Crippen molar-refractivity contribution in [2.24, 2.45) is 0 Å². The summed E-state index contributed by atoms with van der Waals surface area (Å²) in [6, 6.07) is 1.89. The lowest BCUT2D eigenvalue weighted by molar-refractivity contribution is 0.620. The molecule has 86 valence electrons. The van der Waals surface area contributed by atoms with E-state index in [0.29, 0.717) is 11.6 Å². The van der Waals surface area contributed by atoms with Gasteiger partial charge in [0.1, 0.15) is 11.3 Å². The summed E-state index contributed by atoms with van der Waals surface area (Å²) in [6.07, 6.45) is 2.78. The number of nitrogen functional groups attached to an aromatic ring is 1. The van der Waals surface area contributed by atoms with Gasteiger partial charge >= 0.3 is 0 Å². The average molecular weight is 218 g/mol. The van der Waals surface area contributed by atoms with Gasteiger partial charge in [0.25, 0.3) is 0 Å². The molecule has 2 heterocycles. The Kier molecular flexibility index (Phi) is 2.81. The van der Waals surface area contributed by atoms with Crippen LogP contribution in [0.5, 0.6) is 0 Å². The maximum absolute atomic E-state index is 5.72. The molecule has 0 spiro atoms. The molecule has 0 aliphatic heterocycles. The number of rotatable bonds is 3. The van der Waals surface area contributed by atoms with Gasteiger partial charge in [0.05, 0.1) is 11.9 Å². The molecule has 0 bridgehead atoms. The van der Waals surface area contributed by atoms with Crippen LogP contribution in [0.1, 0.15) is 38.9 Å². The Hall–Kier alpha value is -1.58. The van der Waals surface area contributed by atoms with Crippen molar-refractivity contribution in [3.63, 3.8) is 0 Å². The van der Waals surface area contributed by atoms with E-state index < -0.39 is 0 Å². The second-order valence-corrected chi connectivity index (χ2v) is 4.39. The van der Waals surface area contributed by atoms with Gasteiger partial charge in [0.2, 0.25) is 0 Å². The summed E-state index contributed by atoms with van der Waals surface area (Å²) in [5, 5.41) is 0. The van der Waals surface area contributed by atoms with E-state index in [4.69, 9.17) is 5.73 Å². The first kappa shape index (κ1) is 10.9. The summed E-state index contributed by atoms with van der Waals surface area (Å²) in [5.41, 5.74) is 8.24. The van der Waals surface area contributed by atoms with Crippen molar-refractivity contribution in [2.45, 2.75) is 39.7 Å². The first-order valence-electron chi connectivity index (χ1n) is 5.75. The number of pyridine rings is 1. The van der Waals surface area contributed by atoms with E-state index >= 15 is 0 Å². The molecule has 0 unspecified atom stereocenters. The summed E-state index contributed by atoms with van der Waals surface area (Å²) < 4.78 is 2.19. The van der Waals surface area contributed by atoms with Crippen LogP contribution in [0.15, 0.2) is 12.3 Å². The molecule has 2 aromatic rings. The van der Waals surface area contributed by atoms with E-state index in [1.807, 2.05) is 6.07 Å². The highest BCUT2D eigenvalue weighted by molar-refractivity contribution is 5.75. The molecule has 0 aliphatic carbocycles. The molecule has 4 heteroatoms. The smallest absolute Gasteiger partial charge is 0.160 e. The minimum absolute atomic E-state index is 0.405. The fourth-order valence-corrected chi connectivity index (χ4v) is 1.93. The zero-order chi connectivity index (χ0) is 11.7. The molecule has 0 aliphatic rings. The van der Waals surface area contributed by atoms with Gasteiger partial charge in [-0.25, -0.2) is 9.97 Å². The van der Waals surface area contributed by atoms with Crippen LogP contribution in [-0.4, -0.2) is 14.5 Å². The Bertz CT molecular complexity index is 499. The van der Waals surface area contributed by atoms with Crippen LogP contribution in [-0.2, 0) is 6.54 Å². The molecule has 16 heavy (non-hydrogen) atoms. The summed E-state index contributed by atoms with van der Waals surface area (Å²) in [4.78, 5) is 8.99. The van der Waals surface area contributed by atoms with Crippen LogP contribution in [0.3, 0.4) is 0 Å². The summed E-state index contributed by atoms with van der Waals surface area (Å²) in [6.45, 7) is 7.42. The second-order valence-electron chi connectivity index (χ2n) is 4.39. The van der Waals surface area contributed by atoms with E-state index in [2.05, 4.69) is 35.3 Å². The third-order valence-corrected chi connectivity index (χ3v) is 2.60. The van der Waals surface area contributed by atoms with Gasteiger partial charge in [-0.2, -0.15) is 0 Å². The minimum atomic E-state index is 0.405. The lowest BCUT2D eigenvalue weighted by Gasteiger charge is -2.08. The topological polar surface area (TPSA) is 56.7 Å². The van der Waals surface area contributed by atoms with Crippen LogP contribution in [0.4, 0.5) is 5.69 Å². The molecule has 0 aromatic carbocycles. The number of nitrogens with zero attached hydrogens (tertiary/aromatic N) is 3. The first-order valence-corrected chi connectivity index (χ1v) is 5.75. The molecule has 0 amide bonds. The van der Waals surface area contributed by atoms with Crippen LogP contribution in [0, 0.1) is 0 Å². The van der Waals surface area contributed by atoms with Crippen LogP contribution in [0.2, 0.25) is 0 Å². The standard InChI is InChI=1S/C12H18N4/c1-4-5-16-11(8(2)3)15-10-6-9(13)7-14-12(10)16/h6-8H,4-5,13H2,1-3H3. The highest BCUT2D eigenvalue weighted by Crippen LogP contribution is 2.21. The predicted octanol–water partition coefficient (Wildman–Crippen LogP) is 2.55. The number of aryl methyl sites for hydroxylation is 1. The van der Waals surface area contributed by atoms with Gasteiger partial charge in [0.15, 0.2) is 5.65 Å². The highest BCUT2D eigenvalue weighted by Gasteiger charge is 2.13. The predicted molar refractivity (Wildman–Crippen MR) is 66.3 cm³/mol. The third-order valence-electron chi connectivity index (χ3n) is 2.60. The van der Waals surface area contributed by atoms with Gasteiger partial charge < -0.3 is 10.3 Å². The van der Waals surface area contributed by atoms with Crippen molar-refractivity contribution < 1.29 is 0 Å². The number of nitrogens with two attached hydrogens (primary N) is 1. The van der Waals surface area contributed by atoms with Crippen molar-refractivity contribution in [3.8, 4) is 0 Å². The number of aromatic nitrogens is 3. The number of imidazole rings is 1. The van der Waals surface area contributed by atoms with E-state index in [1.54, 1.807) is 6.20 Å². The number of hydrogen-bond donors (Lipinski definition) is 1. The zero-order valence-corrected chi connectivity index (χ0v) is 10.1. The van der Waals surface area contributed by atoms with E-state index in [0.717, 1.165) is 30.0 Å². The van der Waals surface area contributed by atoms with Gasteiger partial charge in [-0.1, -0.05) is 20.8 Å². The van der Waals surface area contributed by atoms with Crippen molar-refractivity contribution >= 4 is 16.9 Å². The lowest BCUT2D eigenvalue weighted by Crippen LogP contribution is -2.05. The fourth-order valence-electron chi connectivity index (χ4n) is 1.93.